The van der Waals surface area contributed by atoms with Gasteiger partial charge in [0.1, 0.15) is 4.99 Å². The first kappa shape index (κ1) is 10.6. The molecule has 0 bridgehead atoms. The zero-order valence-corrected chi connectivity index (χ0v) is 9.99. The molecule has 0 heterocycles. The van der Waals surface area contributed by atoms with E-state index < -0.39 is 0 Å². The van der Waals surface area contributed by atoms with E-state index >= 15 is 0 Å². The standard InChI is InChI=1S/C13H17NS/c1-9-7-10-5-3-2-4-6-11(10)8-12(9)13(14)15/h7-8H,2-6H2,1H3,(H2,14,15). The fourth-order valence-electron chi connectivity index (χ4n) is 2.35. The van der Waals surface area contributed by atoms with Crippen molar-refractivity contribution in [3.63, 3.8) is 0 Å². The minimum Gasteiger partial charge on any atom is -0.389 e. The maximum atomic E-state index is 5.72. The van der Waals surface area contributed by atoms with E-state index in [1.54, 1.807) is 0 Å². The predicted octanol–water partition coefficient (Wildman–Crippen LogP) is 2.90. The van der Waals surface area contributed by atoms with Gasteiger partial charge in [-0.25, -0.2) is 0 Å². The number of benzene rings is 1. The van der Waals surface area contributed by atoms with Gasteiger partial charge in [-0.15, -0.1) is 0 Å². The van der Waals surface area contributed by atoms with Crippen molar-refractivity contribution in [3.8, 4) is 0 Å². The van der Waals surface area contributed by atoms with Crippen molar-refractivity contribution in [1.82, 2.24) is 0 Å². The molecule has 0 fully saturated rings. The molecule has 15 heavy (non-hydrogen) atoms. The molecule has 2 heteroatoms. The molecule has 0 amide bonds. The van der Waals surface area contributed by atoms with Crippen molar-refractivity contribution in [1.29, 1.82) is 0 Å². The quantitative estimate of drug-likeness (QED) is 0.580. The van der Waals surface area contributed by atoms with Crippen LogP contribution in [0.25, 0.3) is 0 Å². The van der Waals surface area contributed by atoms with Crippen LogP contribution in [0.5, 0.6) is 0 Å². The number of hydrogen-bond donors (Lipinski definition) is 1. The fraction of sp³-hybridized carbons (Fsp3) is 0.462. The van der Waals surface area contributed by atoms with Crippen LogP contribution in [0.3, 0.4) is 0 Å². The highest BCUT2D eigenvalue weighted by Gasteiger charge is 2.11. The van der Waals surface area contributed by atoms with Gasteiger partial charge < -0.3 is 5.73 Å². The Morgan fingerprint density at radius 3 is 2.33 bits per heavy atom. The van der Waals surface area contributed by atoms with Crippen LogP contribution in [0, 0.1) is 6.92 Å². The van der Waals surface area contributed by atoms with Crippen LogP contribution in [0.15, 0.2) is 12.1 Å². The first-order valence-corrected chi connectivity index (χ1v) is 6.01. The number of aryl methyl sites for hydroxylation is 3. The van der Waals surface area contributed by atoms with Gasteiger partial charge in [0.15, 0.2) is 0 Å². The summed E-state index contributed by atoms with van der Waals surface area (Å²) in [5.41, 5.74) is 11.0. The van der Waals surface area contributed by atoms with E-state index in [0.717, 1.165) is 5.56 Å². The highest BCUT2D eigenvalue weighted by atomic mass is 32.1. The van der Waals surface area contributed by atoms with Crippen molar-refractivity contribution >= 4 is 17.2 Å². The predicted molar refractivity (Wildman–Crippen MR) is 68.3 cm³/mol. The van der Waals surface area contributed by atoms with E-state index in [1.165, 1.54) is 48.8 Å². The minimum atomic E-state index is 0.527. The molecule has 0 aromatic heterocycles. The van der Waals surface area contributed by atoms with Crippen LogP contribution < -0.4 is 5.73 Å². The molecular formula is C13H17NS. The molecule has 1 nitrogen and oxygen atoms in total. The average molecular weight is 219 g/mol. The normalized spacial score (nSPS) is 15.5. The van der Waals surface area contributed by atoms with Crippen molar-refractivity contribution in [2.75, 3.05) is 0 Å². The summed E-state index contributed by atoms with van der Waals surface area (Å²) in [5, 5.41) is 0. The van der Waals surface area contributed by atoms with Crippen molar-refractivity contribution in [2.24, 2.45) is 5.73 Å². The summed E-state index contributed by atoms with van der Waals surface area (Å²) in [5.74, 6) is 0. The van der Waals surface area contributed by atoms with Gasteiger partial charge in [0.25, 0.3) is 0 Å². The first-order valence-electron chi connectivity index (χ1n) is 5.60. The second kappa shape index (κ2) is 4.31. The number of thiocarbonyl (C=S) groups is 1. The molecule has 1 aromatic carbocycles. The Bertz CT molecular complexity index is 396. The molecule has 1 aromatic rings. The first-order chi connectivity index (χ1) is 7.18. The average Bonchev–Trinajstić information content (AvgIpc) is 2.40. The molecule has 2 rings (SSSR count). The Kier molecular flexibility index (Phi) is 3.06. The third kappa shape index (κ3) is 2.20. The topological polar surface area (TPSA) is 26.0 Å². The van der Waals surface area contributed by atoms with Crippen LogP contribution in [-0.4, -0.2) is 4.99 Å². The second-order valence-electron chi connectivity index (χ2n) is 4.36. The Labute approximate surface area is 96.7 Å². The Balaban J connectivity index is 2.47. The zero-order chi connectivity index (χ0) is 10.8. The summed E-state index contributed by atoms with van der Waals surface area (Å²) in [6.45, 7) is 2.10. The molecule has 80 valence electrons. The van der Waals surface area contributed by atoms with Gasteiger partial charge in [0.2, 0.25) is 0 Å². The van der Waals surface area contributed by atoms with E-state index in [4.69, 9.17) is 18.0 Å². The Morgan fingerprint density at radius 2 is 1.73 bits per heavy atom. The van der Waals surface area contributed by atoms with Gasteiger partial charge in [0.05, 0.1) is 0 Å². The molecule has 1 aliphatic rings. The number of hydrogen-bond acceptors (Lipinski definition) is 1. The van der Waals surface area contributed by atoms with Crippen LogP contribution >= 0.6 is 12.2 Å². The molecule has 0 saturated carbocycles. The Hall–Kier alpha value is -0.890. The molecule has 0 saturated heterocycles. The lowest BCUT2D eigenvalue weighted by Gasteiger charge is -2.11. The molecule has 0 spiro atoms. The molecule has 1 aliphatic carbocycles. The summed E-state index contributed by atoms with van der Waals surface area (Å²) in [6.07, 6.45) is 6.36. The lowest BCUT2D eigenvalue weighted by Crippen LogP contribution is -2.12. The maximum absolute atomic E-state index is 5.72. The molecular weight excluding hydrogens is 202 g/mol. The van der Waals surface area contributed by atoms with Crippen LogP contribution in [0.4, 0.5) is 0 Å². The van der Waals surface area contributed by atoms with Crippen molar-refractivity contribution < 1.29 is 0 Å². The molecule has 0 atom stereocenters. The molecule has 2 N–H and O–H groups in total. The highest BCUT2D eigenvalue weighted by Crippen LogP contribution is 2.24. The maximum Gasteiger partial charge on any atom is 0.104 e. The molecule has 0 unspecified atom stereocenters. The lowest BCUT2D eigenvalue weighted by atomic mass is 9.96. The number of fused-ring (bicyclic) bond motifs is 1. The van der Waals surface area contributed by atoms with E-state index in [9.17, 15) is 0 Å². The lowest BCUT2D eigenvalue weighted by molar-refractivity contribution is 0.711. The SMILES string of the molecule is Cc1cc2c(cc1C(N)=S)CCCCC2. The van der Waals surface area contributed by atoms with Crippen LogP contribution in [0.2, 0.25) is 0 Å². The van der Waals surface area contributed by atoms with E-state index in [1.807, 2.05) is 0 Å². The van der Waals surface area contributed by atoms with Crippen molar-refractivity contribution in [2.45, 2.75) is 39.0 Å². The van der Waals surface area contributed by atoms with Gasteiger partial charge >= 0.3 is 0 Å². The smallest absolute Gasteiger partial charge is 0.104 e. The van der Waals surface area contributed by atoms with Crippen LogP contribution in [-0.2, 0) is 12.8 Å². The van der Waals surface area contributed by atoms with E-state index in [2.05, 4.69) is 19.1 Å². The highest BCUT2D eigenvalue weighted by molar-refractivity contribution is 7.80. The number of rotatable bonds is 1. The van der Waals surface area contributed by atoms with Gasteiger partial charge in [-0.2, -0.15) is 0 Å². The third-order valence-corrected chi connectivity index (χ3v) is 3.42. The fourth-order valence-corrected chi connectivity index (χ4v) is 2.57. The van der Waals surface area contributed by atoms with Gasteiger partial charge in [0, 0.05) is 5.56 Å². The number of nitrogens with two attached hydrogens (primary N) is 1. The van der Waals surface area contributed by atoms with Gasteiger partial charge in [-0.1, -0.05) is 24.7 Å². The summed E-state index contributed by atoms with van der Waals surface area (Å²) < 4.78 is 0. The van der Waals surface area contributed by atoms with E-state index in [0.29, 0.717) is 4.99 Å². The summed E-state index contributed by atoms with van der Waals surface area (Å²) in [6, 6.07) is 4.48. The summed E-state index contributed by atoms with van der Waals surface area (Å²) in [7, 11) is 0. The zero-order valence-electron chi connectivity index (χ0n) is 9.18. The minimum absolute atomic E-state index is 0.527. The molecule has 0 radical (unpaired) electrons. The van der Waals surface area contributed by atoms with Crippen LogP contribution in [0.1, 0.15) is 41.5 Å². The Morgan fingerprint density at radius 1 is 1.13 bits per heavy atom. The molecule has 0 aliphatic heterocycles. The van der Waals surface area contributed by atoms with E-state index in [-0.39, 0.29) is 0 Å². The van der Waals surface area contributed by atoms with Gasteiger partial charge in [-0.05, 0) is 55.4 Å². The van der Waals surface area contributed by atoms with Crippen molar-refractivity contribution in [3.05, 3.63) is 34.4 Å². The summed E-state index contributed by atoms with van der Waals surface area (Å²) >= 11 is 5.07. The second-order valence-corrected chi connectivity index (χ2v) is 4.80. The largest absolute Gasteiger partial charge is 0.389 e. The third-order valence-electron chi connectivity index (χ3n) is 3.20. The monoisotopic (exact) mass is 219 g/mol. The summed E-state index contributed by atoms with van der Waals surface area (Å²) in [4.78, 5) is 0.527. The van der Waals surface area contributed by atoms with Gasteiger partial charge in [-0.3, -0.25) is 0 Å².